The van der Waals surface area contributed by atoms with Gasteiger partial charge in [0.1, 0.15) is 13.2 Å². The maximum atomic E-state index is 12.8. The van der Waals surface area contributed by atoms with Gasteiger partial charge in [0.15, 0.2) is 6.10 Å². The van der Waals surface area contributed by atoms with Gasteiger partial charge >= 0.3 is 17.9 Å². The first-order chi connectivity index (χ1) is 34.0. The molecule has 0 aromatic carbocycles. The summed E-state index contributed by atoms with van der Waals surface area (Å²) in [7, 11) is 0. The van der Waals surface area contributed by atoms with Crippen LogP contribution in [-0.4, -0.2) is 37.2 Å². The zero-order chi connectivity index (χ0) is 50.0. The molecule has 0 spiro atoms. The smallest absolute Gasteiger partial charge is 0.306 e. The van der Waals surface area contributed by atoms with E-state index in [2.05, 4.69) is 81.5 Å². The van der Waals surface area contributed by atoms with Crippen molar-refractivity contribution >= 4 is 17.9 Å². The number of ether oxygens (including phenoxy) is 3. The van der Waals surface area contributed by atoms with Crippen LogP contribution >= 0.6 is 0 Å². The van der Waals surface area contributed by atoms with E-state index >= 15 is 0 Å². The Bertz CT molecular complexity index is 1250. The van der Waals surface area contributed by atoms with Crippen LogP contribution < -0.4 is 0 Å². The summed E-state index contributed by atoms with van der Waals surface area (Å²) >= 11 is 0. The van der Waals surface area contributed by atoms with Gasteiger partial charge in [0.05, 0.1) is 0 Å². The maximum Gasteiger partial charge on any atom is 0.306 e. The van der Waals surface area contributed by atoms with E-state index in [4.69, 9.17) is 14.2 Å². The molecular formula is C63H112O6. The Morgan fingerprint density at radius 1 is 0.290 bits per heavy atom. The van der Waals surface area contributed by atoms with Gasteiger partial charge in [-0.3, -0.25) is 14.4 Å². The summed E-state index contributed by atoms with van der Waals surface area (Å²) in [6.07, 6.45) is 72.6. The highest BCUT2D eigenvalue weighted by atomic mass is 16.6. The first-order valence-corrected chi connectivity index (χ1v) is 29.8. The fraction of sp³-hybridized carbons (Fsp3) is 0.794. The van der Waals surface area contributed by atoms with Crippen LogP contribution in [0.15, 0.2) is 60.8 Å². The molecule has 0 aromatic heterocycles. The normalized spacial score (nSPS) is 12.4. The van der Waals surface area contributed by atoms with Gasteiger partial charge in [-0.05, 0) is 89.9 Å². The SMILES string of the molecule is CCCCCCC/C=C\C/C=C\C/C=C\CCCCCCCCCCC(=O)OCC(COC(=O)CCCCCCC)OC(=O)CCCCCCCCCCCCC/C=C\C/C=C\CCCCCCC. The Hall–Kier alpha value is -2.89. The van der Waals surface area contributed by atoms with Gasteiger partial charge < -0.3 is 14.2 Å². The predicted molar refractivity (Wildman–Crippen MR) is 298 cm³/mol. The van der Waals surface area contributed by atoms with Crippen molar-refractivity contribution < 1.29 is 28.6 Å². The van der Waals surface area contributed by atoms with E-state index in [1.807, 2.05) is 0 Å². The highest BCUT2D eigenvalue weighted by molar-refractivity contribution is 5.71. The third-order valence-corrected chi connectivity index (χ3v) is 13.0. The number of carbonyl (C=O) groups is 3. The molecule has 1 atom stereocenters. The van der Waals surface area contributed by atoms with Gasteiger partial charge in [-0.25, -0.2) is 0 Å². The van der Waals surface area contributed by atoms with Crippen molar-refractivity contribution in [2.45, 2.75) is 309 Å². The van der Waals surface area contributed by atoms with E-state index in [0.717, 1.165) is 89.9 Å². The second-order valence-electron chi connectivity index (χ2n) is 19.9. The van der Waals surface area contributed by atoms with Gasteiger partial charge in [-0.15, -0.1) is 0 Å². The lowest BCUT2D eigenvalue weighted by molar-refractivity contribution is -0.167. The summed E-state index contributed by atoms with van der Waals surface area (Å²) in [5, 5.41) is 0. The van der Waals surface area contributed by atoms with Crippen molar-refractivity contribution in [3.8, 4) is 0 Å². The lowest BCUT2D eigenvalue weighted by Crippen LogP contribution is -2.30. The minimum Gasteiger partial charge on any atom is -0.462 e. The minimum absolute atomic E-state index is 0.0772. The molecule has 1 unspecified atom stereocenters. The van der Waals surface area contributed by atoms with Crippen molar-refractivity contribution in [1.29, 1.82) is 0 Å². The van der Waals surface area contributed by atoms with Crippen LogP contribution in [-0.2, 0) is 28.6 Å². The van der Waals surface area contributed by atoms with Gasteiger partial charge in [0.25, 0.3) is 0 Å². The summed E-state index contributed by atoms with van der Waals surface area (Å²) in [5.41, 5.74) is 0. The Morgan fingerprint density at radius 3 is 0.812 bits per heavy atom. The lowest BCUT2D eigenvalue weighted by Gasteiger charge is -2.18. The number of allylic oxidation sites excluding steroid dienone is 10. The Labute approximate surface area is 428 Å². The van der Waals surface area contributed by atoms with Crippen LogP contribution in [0.2, 0.25) is 0 Å². The monoisotopic (exact) mass is 965 g/mol. The molecule has 6 nitrogen and oxygen atoms in total. The number of carbonyl (C=O) groups excluding carboxylic acids is 3. The molecular weight excluding hydrogens is 853 g/mol. The standard InChI is InChI=1S/C63H112O6/c1-4-7-10-13-15-17-19-21-23-25-27-29-31-33-35-37-39-41-43-45-47-50-53-56-62(65)68-59-60(58-67-61(64)55-52-49-12-9-6-3)69-63(66)57-54-51-48-46-44-42-40-38-36-34-32-30-28-26-24-22-20-18-16-14-11-8-5-2/h19-22,25-28,31,33,60H,4-18,23-24,29-30,32,34-59H2,1-3H3/b21-19-,22-20-,27-25-,28-26-,33-31-. The molecule has 0 saturated heterocycles. The quantitative estimate of drug-likeness (QED) is 0.0262. The summed E-state index contributed by atoms with van der Waals surface area (Å²) < 4.78 is 16.7. The van der Waals surface area contributed by atoms with Gasteiger partial charge in [0.2, 0.25) is 0 Å². The van der Waals surface area contributed by atoms with Crippen molar-refractivity contribution in [3.63, 3.8) is 0 Å². The first-order valence-electron chi connectivity index (χ1n) is 29.8. The molecule has 6 heteroatoms. The lowest BCUT2D eigenvalue weighted by atomic mass is 10.0. The first kappa shape index (κ1) is 66.1. The van der Waals surface area contributed by atoms with E-state index in [9.17, 15) is 14.4 Å². The third-order valence-electron chi connectivity index (χ3n) is 13.0. The van der Waals surface area contributed by atoms with E-state index in [1.54, 1.807) is 0 Å². The molecule has 400 valence electrons. The Kier molecular flexibility index (Phi) is 55.3. The molecule has 0 N–H and O–H groups in total. The summed E-state index contributed by atoms with van der Waals surface area (Å²) in [6, 6.07) is 0. The van der Waals surface area contributed by atoms with Gasteiger partial charge in [-0.1, -0.05) is 255 Å². The topological polar surface area (TPSA) is 78.9 Å². The van der Waals surface area contributed by atoms with E-state index in [0.29, 0.717) is 19.3 Å². The Balaban J connectivity index is 4.10. The predicted octanol–water partition coefficient (Wildman–Crippen LogP) is 20.0. The molecule has 0 bridgehead atoms. The summed E-state index contributed by atoms with van der Waals surface area (Å²) in [6.45, 7) is 6.55. The molecule has 0 aromatic rings. The highest BCUT2D eigenvalue weighted by Gasteiger charge is 2.19. The van der Waals surface area contributed by atoms with Crippen molar-refractivity contribution in [3.05, 3.63) is 60.8 Å². The number of rotatable bonds is 54. The average molecular weight is 966 g/mol. The number of hydrogen-bond acceptors (Lipinski definition) is 6. The van der Waals surface area contributed by atoms with Gasteiger partial charge in [0, 0.05) is 19.3 Å². The second kappa shape index (κ2) is 57.7. The van der Waals surface area contributed by atoms with E-state index in [1.165, 1.54) is 173 Å². The zero-order valence-electron chi connectivity index (χ0n) is 45.8. The van der Waals surface area contributed by atoms with Crippen LogP contribution in [0.3, 0.4) is 0 Å². The highest BCUT2D eigenvalue weighted by Crippen LogP contribution is 2.16. The van der Waals surface area contributed by atoms with Crippen molar-refractivity contribution in [2.75, 3.05) is 13.2 Å². The fourth-order valence-electron chi connectivity index (χ4n) is 8.48. The minimum atomic E-state index is -0.775. The average Bonchev–Trinajstić information content (AvgIpc) is 3.35. The molecule has 0 amide bonds. The van der Waals surface area contributed by atoms with Crippen LogP contribution in [0, 0.1) is 0 Å². The summed E-state index contributed by atoms with van der Waals surface area (Å²) in [5.74, 6) is -0.890. The van der Waals surface area contributed by atoms with Crippen LogP contribution in [0.25, 0.3) is 0 Å². The molecule has 0 saturated carbocycles. The molecule has 69 heavy (non-hydrogen) atoms. The number of hydrogen-bond donors (Lipinski definition) is 0. The molecule has 0 radical (unpaired) electrons. The number of esters is 3. The number of unbranched alkanes of at least 4 members (excludes halogenated alkanes) is 33. The maximum absolute atomic E-state index is 12.8. The second-order valence-corrected chi connectivity index (χ2v) is 19.9. The van der Waals surface area contributed by atoms with Crippen LogP contribution in [0.5, 0.6) is 0 Å². The van der Waals surface area contributed by atoms with E-state index < -0.39 is 6.10 Å². The van der Waals surface area contributed by atoms with Crippen molar-refractivity contribution in [1.82, 2.24) is 0 Å². The molecule has 0 aliphatic carbocycles. The summed E-state index contributed by atoms with van der Waals surface area (Å²) in [4.78, 5) is 37.8. The van der Waals surface area contributed by atoms with Crippen LogP contribution in [0.1, 0.15) is 303 Å². The van der Waals surface area contributed by atoms with Crippen molar-refractivity contribution in [2.24, 2.45) is 0 Å². The molecule has 0 aliphatic heterocycles. The molecule has 0 fully saturated rings. The van der Waals surface area contributed by atoms with E-state index in [-0.39, 0.29) is 31.1 Å². The molecule has 0 heterocycles. The molecule has 0 rings (SSSR count). The Morgan fingerprint density at radius 2 is 0.522 bits per heavy atom. The largest absolute Gasteiger partial charge is 0.462 e. The fourth-order valence-corrected chi connectivity index (χ4v) is 8.48. The van der Waals surface area contributed by atoms with Crippen LogP contribution in [0.4, 0.5) is 0 Å². The zero-order valence-corrected chi connectivity index (χ0v) is 45.8. The molecule has 0 aliphatic rings. The van der Waals surface area contributed by atoms with Gasteiger partial charge in [-0.2, -0.15) is 0 Å². The third kappa shape index (κ3) is 55.9.